The van der Waals surface area contributed by atoms with Gasteiger partial charge in [-0.15, -0.1) is 0 Å². The van der Waals surface area contributed by atoms with Crippen LogP contribution in [-0.4, -0.2) is 48.9 Å². The van der Waals surface area contributed by atoms with Gasteiger partial charge in [-0.3, -0.25) is 4.58 Å². The van der Waals surface area contributed by atoms with Gasteiger partial charge in [0.1, 0.15) is 24.6 Å². The molecule has 0 radical (unpaired) electrons. The molecule has 2 heterocycles. The van der Waals surface area contributed by atoms with Gasteiger partial charge in [-0.25, -0.2) is 0 Å². The van der Waals surface area contributed by atoms with E-state index in [0.29, 0.717) is 19.8 Å². The van der Waals surface area contributed by atoms with Crippen LogP contribution in [0.25, 0.3) is 0 Å². The van der Waals surface area contributed by atoms with Crippen LogP contribution in [0, 0.1) is 0 Å². The average molecular weight is 404 g/mol. The fourth-order valence-corrected chi connectivity index (χ4v) is 3.78. The highest BCUT2D eigenvalue weighted by Crippen LogP contribution is 2.37. The van der Waals surface area contributed by atoms with Crippen molar-refractivity contribution in [3.63, 3.8) is 0 Å². The SMILES string of the molecule is COc1ccc(N2C3=[N+](CCOC3)CC2(O)c2ccc(Br)cc2)cc1. The van der Waals surface area contributed by atoms with E-state index in [1.54, 1.807) is 7.11 Å². The largest absolute Gasteiger partial charge is 0.497 e. The summed E-state index contributed by atoms with van der Waals surface area (Å²) in [6.45, 7) is 2.46. The standard InChI is InChI=1S/C19H20BrN2O3/c1-24-17-8-6-16(7-9-17)22-18-12-25-11-10-21(18)13-19(22,23)14-2-4-15(20)5-3-14/h2-9,23H,10-13H2,1H3/q+1. The molecule has 5 nitrogen and oxygen atoms in total. The van der Waals surface area contributed by atoms with Crippen LogP contribution in [0.4, 0.5) is 5.69 Å². The van der Waals surface area contributed by atoms with Gasteiger partial charge in [0.15, 0.2) is 6.54 Å². The Labute approximate surface area is 155 Å². The minimum atomic E-state index is -1.14. The second kappa shape index (κ2) is 6.44. The second-order valence-corrected chi connectivity index (χ2v) is 7.16. The summed E-state index contributed by atoms with van der Waals surface area (Å²) in [7, 11) is 1.65. The third-order valence-corrected chi connectivity index (χ3v) is 5.31. The molecule has 0 aliphatic carbocycles. The van der Waals surface area contributed by atoms with Crippen molar-refractivity contribution < 1.29 is 19.2 Å². The van der Waals surface area contributed by atoms with Crippen LogP contribution in [0.5, 0.6) is 5.75 Å². The summed E-state index contributed by atoms with van der Waals surface area (Å²) in [4.78, 5) is 1.98. The lowest BCUT2D eigenvalue weighted by molar-refractivity contribution is -0.543. The first-order chi connectivity index (χ1) is 12.1. The highest BCUT2D eigenvalue weighted by molar-refractivity contribution is 9.10. The van der Waals surface area contributed by atoms with Crippen molar-refractivity contribution in [3.05, 3.63) is 58.6 Å². The Morgan fingerprint density at radius 3 is 2.56 bits per heavy atom. The molecule has 2 aromatic rings. The van der Waals surface area contributed by atoms with Crippen molar-refractivity contribution >= 4 is 27.5 Å². The zero-order valence-electron chi connectivity index (χ0n) is 14.0. The number of anilines is 1. The minimum Gasteiger partial charge on any atom is -0.497 e. The lowest BCUT2D eigenvalue weighted by atomic mass is 10.0. The third kappa shape index (κ3) is 2.84. The predicted molar refractivity (Wildman–Crippen MR) is 99.3 cm³/mol. The molecule has 0 aromatic heterocycles. The number of halogens is 1. The van der Waals surface area contributed by atoms with E-state index in [9.17, 15) is 5.11 Å². The summed E-state index contributed by atoms with van der Waals surface area (Å²) in [6.07, 6.45) is 0. The molecule has 1 N–H and O–H groups in total. The maximum absolute atomic E-state index is 11.7. The number of rotatable bonds is 3. The maximum Gasteiger partial charge on any atom is 0.281 e. The zero-order chi connectivity index (χ0) is 17.4. The Bertz CT molecular complexity index is 804. The van der Waals surface area contributed by atoms with E-state index in [-0.39, 0.29) is 0 Å². The Morgan fingerprint density at radius 2 is 1.88 bits per heavy atom. The van der Waals surface area contributed by atoms with Crippen LogP contribution in [0.15, 0.2) is 53.0 Å². The Balaban J connectivity index is 1.81. The van der Waals surface area contributed by atoms with Gasteiger partial charge in [-0.05, 0) is 36.4 Å². The van der Waals surface area contributed by atoms with Gasteiger partial charge in [0, 0.05) is 10.0 Å². The maximum atomic E-state index is 11.7. The first-order valence-electron chi connectivity index (χ1n) is 8.23. The summed E-state index contributed by atoms with van der Waals surface area (Å²) in [5, 5.41) is 11.7. The van der Waals surface area contributed by atoms with Crippen LogP contribution < -0.4 is 9.64 Å². The Morgan fingerprint density at radius 1 is 1.16 bits per heavy atom. The molecule has 0 bridgehead atoms. The molecule has 2 aliphatic heterocycles. The molecule has 2 aromatic carbocycles. The molecule has 130 valence electrons. The van der Waals surface area contributed by atoms with E-state index in [1.165, 1.54) is 0 Å². The molecule has 0 fully saturated rings. The smallest absolute Gasteiger partial charge is 0.281 e. The van der Waals surface area contributed by atoms with E-state index in [2.05, 4.69) is 20.5 Å². The number of hydrogen-bond acceptors (Lipinski definition) is 4. The Kier molecular flexibility index (Phi) is 4.27. The highest BCUT2D eigenvalue weighted by Gasteiger charge is 2.54. The van der Waals surface area contributed by atoms with Gasteiger partial charge in [-0.2, -0.15) is 4.90 Å². The molecule has 4 rings (SSSR count). The van der Waals surface area contributed by atoms with Gasteiger partial charge in [0.05, 0.1) is 13.7 Å². The monoisotopic (exact) mass is 403 g/mol. The number of methoxy groups -OCH3 is 1. The van der Waals surface area contributed by atoms with Gasteiger partial charge >= 0.3 is 0 Å². The summed E-state index contributed by atoms with van der Waals surface area (Å²) in [5.74, 6) is 1.78. The number of aliphatic hydroxyl groups is 1. The van der Waals surface area contributed by atoms with E-state index in [1.807, 2.05) is 53.4 Å². The quantitative estimate of drug-likeness (QED) is 0.799. The lowest BCUT2D eigenvalue weighted by Crippen LogP contribution is -2.48. The van der Waals surface area contributed by atoms with Gasteiger partial charge in [-0.1, -0.05) is 28.1 Å². The molecule has 0 spiro atoms. The van der Waals surface area contributed by atoms with E-state index < -0.39 is 5.72 Å². The third-order valence-electron chi connectivity index (χ3n) is 4.78. The number of amidine groups is 1. The molecule has 0 amide bonds. The molecule has 0 saturated carbocycles. The molecule has 0 saturated heterocycles. The normalized spacial score (nSPS) is 22.9. The van der Waals surface area contributed by atoms with Crippen molar-refractivity contribution in [2.75, 3.05) is 38.3 Å². The van der Waals surface area contributed by atoms with Crippen molar-refractivity contribution in [1.82, 2.24) is 0 Å². The van der Waals surface area contributed by atoms with Gasteiger partial charge < -0.3 is 14.6 Å². The lowest BCUT2D eigenvalue weighted by Gasteiger charge is -2.28. The van der Waals surface area contributed by atoms with Crippen molar-refractivity contribution in [2.24, 2.45) is 0 Å². The highest BCUT2D eigenvalue weighted by atomic mass is 79.9. The summed E-state index contributed by atoms with van der Waals surface area (Å²) < 4.78 is 14.1. The number of benzene rings is 2. The molecule has 1 atom stereocenters. The van der Waals surface area contributed by atoms with E-state index >= 15 is 0 Å². The molecular weight excluding hydrogens is 384 g/mol. The van der Waals surface area contributed by atoms with Gasteiger partial charge in [0.2, 0.25) is 0 Å². The van der Waals surface area contributed by atoms with E-state index in [0.717, 1.165) is 33.9 Å². The van der Waals surface area contributed by atoms with E-state index in [4.69, 9.17) is 9.47 Å². The number of nitrogens with zero attached hydrogens (tertiary/aromatic N) is 2. The topological polar surface area (TPSA) is 44.9 Å². The minimum absolute atomic E-state index is 0.491. The van der Waals surface area contributed by atoms with Crippen molar-refractivity contribution in [3.8, 4) is 5.75 Å². The van der Waals surface area contributed by atoms with Crippen LogP contribution in [-0.2, 0) is 10.5 Å². The summed E-state index contributed by atoms with van der Waals surface area (Å²) in [6, 6.07) is 15.6. The summed E-state index contributed by atoms with van der Waals surface area (Å²) in [5.41, 5.74) is 0.626. The fourth-order valence-electron chi connectivity index (χ4n) is 3.52. The first kappa shape index (κ1) is 16.6. The molecular formula is C19H20BrN2O3+. The number of hydrogen-bond donors (Lipinski definition) is 1. The summed E-state index contributed by atoms with van der Waals surface area (Å²) >= 11 is 3.46. The van der Waals surface area contributed by atoms with Crippen LogP contribution in [0.3, 0.4) is 0 Å². The molecule has 25 heavy (non-hydrogen) atoms. The predicted octanol–water partition coefficient (Wildman–Crippen LogP) is 2.56. The molecule has 2 aliphatic rings. The van der Waals surface area contributed by atoms with Gasteiger partial charge in [0.25, 0.3) is 11.6 Å². The number of ether oxygens (including phenoxy) is 2. The zero-order valence-corrected chi connectivity index (χ0v) is 15.6. The van der Waals surface area contributed by atoms with Crippen molar-refractivity contribution in [1.29, 1.82) is 0 Å². The van der Waals surface area contributed by atoms with Crippen molar-refractivity contribution in [2.45, 2.75) is 5.72 Å². The van der Waals surface area contributed by atoms with Crippen LogP contribution >= 0.6 is 15.9 Å². The van der Waals surface area contributed by atoms with Crippen LogP contribution in [0.1, 0.15) is 5.56 Å². The molecule has 1 unspecified atom stereocenters. The fraction of sp³-hybridized carbons (Fsp3) is 0.316. The van der Waals surface area contributed by atoms with Crippen LogP contribution in [0.2, 0.25) is 0 Å². The first-order valence-corrected chi connectivity index (χ1v) is 9.02. The molecule has 6 heteroatoms. The second-order valence-electron chi connectivity index (χ2n) is 6.25. The average Bonchev–Trinajstić information content (AvgIpc) is 2.95. The Hall–Kier alpha value is -1.89.